The van der Waals surface area contributed by atoms with Gasteiger partial charge in [-0.15, -0.1) is 0 Å². The summed E-state index contributed by atoms with van der Waals surface area (Å²) in [6.07, 6.45) is 0.538. The highest BCUT2D eigenvalue weighted by atomic mass is 16.5. The summed E-state index contributed by atoms with van der Waals surface area (Å²) in [5, 5.41) is 1.18. The zero-order chi connectivity index (χ0) is 19.3. The van der Waals surface area contributed by atoms with Crippen molar-refractivity contribution in [3.63, 3.8) is 0 Å². The summed E-state index contributed by atoms with van der Waals surface area (Å²) in [5.74, 6) is 1.34. The van der Waals surface area contributed by atoms with Crippen molar-refractivity contribution in [3.8, 4) is 0 Å². The minimum Gasteiger partial charge on any atom is -0.460 e. The standard InChI is InChI=1S/C24H28N2O2/c1-16-12-26(13-17(2)27-16)20-8-9-21-19(10-20)14-25(3)15-22(21)24-11-18-6-4-5-7-23(18)28-24/h4-11,16-17,22H,12-15H2,1-3H3. The fourth-order valence-corrected chi connectivity index (χ4v) is 4.84. The van der Waals surface area contributed by atoms with Gasteiger partial charge in [0.15, 0.2) is 0 Å². The third kappa shape index (κ3) is 3.21. The van der Waals surface area contributed by atoms with E-state index >= 15 is 0 Å². The van der Waals surface area contributed by atoms with Crippen molar-refractivity contribution in [2.24, 2.45) is 0 Å². The number of benzene rings is 2. The van der Waals surface area contributed by atoms with E-state index in [1.54, 1.807) is 0 Å². The number of hydrogen-bond donors (Lipinski definition) is 0. The van der Waals surface area contributed by atoms with Crippen LogP contribution in [0.15, 0.2) is 52.9 Å². The lowest BCUT2D eigenvalue weighted by Gasteiger charge is -2.38. The van der Waals surface area contributed by atoms with Crippen LogP contribution in [-0.2, 0) is 11.3 Å². The number of anilines is 1. The second-order valence-corrected chi connectivity index (χ2v) is 8.48. The molecule has 1 saturated heterocycles. The first-order valence-corrected chi connectivity index (χ1v) is 10.3. The number of furan rings is 1. The van der Waals surface area contributed by atoms with Gasteiger partial charge in [0.2, 0.25) is 0 Å². The van der Waals surface area contributed by atoms with Crippen LogP contribution in [0, 0.1) is 0 Å². The Kier molecular flexibility index (Phi) is 4.41. The highest BCUT2D eigenvalue weighted by Crippen LogP contribution is 2.37. The predicted octanol–water partition coefficient (Wildman–Crippen LogP) is 4.62. The van der Waals surface area contributed by atoms with E-state index in [4.69, 9.17) is 9.15 Å². The SMILES string of the molecule is CC1CN(c2ccc3c(c2)CN(C)CC3c2cc3ccccc3o2)CC(C)O1. The highest BCUT2D eigenvalue weighted by Gasteiger charge is 2.29. The molecule has 1 aromatic heterocycles. The van der Waals surface area contributed by atoms with E-state index in [-0.39, 0.29) is 18.1 Å². The van der Waals surface area contributed by atoms with Gasteiger partial charge in [0.1, 0.15) is 11.3 Å². The number of fused-ring (bicyclic) bond motifs is 2. The molecule has 1 fully saturated rings. The molecular formula is C24H28N2O2. The van der Waals surface area contributed by atoms with Gasteiger partial charge in [0.25, 0.3) is 0 Å². The zero-order valence-electron chi connectivity index (χ0n) is 16.9. The second-order valence-electron chi connectivity index (χ2n) is 8.48. The maximum Gasteiger partial charge on any atom is 0.134 e. The quantitative estimate of drug-likeness (QED) is 0.652. The third-order valence-corrected chi connectivity index (χ3v) is 6.01. The summed E-state index contributed by atoms with van der Waals surface area (Å²) in [5.41, 5.74) is 5.08. The molecule has 0 radical (unpaired) electrons. The average molecular weight is 377 g/mol. The van der Waals surface area contributed by atoms with Crippen molar-refractivity contribution in [1.29, 1.82) is 0 Å². The fourth-order valence-electron chi connectivity index (χ4n) is 4.84. The fraction of sp³-hybridized carbons (Fsp3) is 0.417. The first-order chi connectivity index (χ1) is 13.6. The van der Waals surface area contributed by atoms with Crippen LogP contribution < -0.4 is 4.90 Å². The zero-order valence-corrected chi connectivity index (χ0v) is 16.9. The Balaban J connectivity index is 1.50. The largest absolute Gasteiger partial charge is 0.460 e. The molecular weight excluding hydrogens is 348 g/mol. The van der Waals surface area contributed by atoms with Crippen LogP contribution in [0.5, 0.6) is 0 Å². The minimum atomic E-state index is 0.269. The third-order valence-electron chi connectivity index (χ3n) is 6.01. The van der Waals surface area contributed by atoms with Crippen molar-refractivity contribution in [2.75, 3.05) is 31.6 Å². The monoisotopic (exact) mass is 376 g/mol. The molecule has 0 saturated carbocycles. The molecule has 3 unspecified atom stereocenters. The Labute approximate surface area is 166 Å². The first-order valence-electron chi connectivity index (χ1n) is 10.3. The molecule has 5 rings (SSSR count). The van der Waals surface area contributed by atoms with Crippen molar-refractivity contribution in [3.05, 3.63) is 65.4 Å². The number of hydrogen-bond acceptors (Lipinski definition) is 4. The molecule has 3 atom stereocenters. The molecule has 2 aromatic carbocycles. The molecule has 4 heteroatoms. The molecule has 3 aromatic rings. The number of rotatable bonds is 2. The summed E-state index contributed by atoms with van der Waals surface area (Å²) in [6, 6.07) is 17.5. The van der Waals surface area contributed by atoms with Crippen molar-refractivity contribution >= 4 is 16.7 Å². The number of nitrogens with zero attached hydrogens (tertiary/aromatic N) is 2. The summed E-state index contributed by atoms with van der Waals surface area (Å²) in [6.45, 7) is 8.18. The Hall–Kier alpha value is -2.30. The predicted molar refractivity (Wildman–Crippen MR) is 113 cm³/mol. The van der Waals surface area contributed by atoms with Gasteiger partial charge >= 0.3 is 0 Å². The van der Waals surface area contributed by atoms with E-state index < -0.39 is 0 Å². The van der Waals surface area contributed by atoms with E-state index in [1.807, 2.05) is 6.07 Å². The van der Waals surface area contributed by atoms with Crippen molar-refractivity contribution in [2.45, 2.75) is 38.5 Å². The molecule has 0 N–H and O–H groups in total. The minimum absolute atomic E-state index is 0.269. The highest BCUT2D eigenvalue weighted by molar-refractivity contribution is 5.78. The second kappa shape index (κ2) is 6.94. The van der Waals surface area contributed by atoms with Gasteiger partial charge in [0, 0.05) is 37.3 Å². The Morgan fingerprint density at radius 1 is 0.929 bits per heavy atom. The lowest BCUT2D eigenvalue weighted by atomic mass is 9.87. The Morgan fingerprint density at radius 3 is 2.50 bits per heavy atom. The molecule has 2 aliphatic heterocycles. The van der Waals surface area contributed by atoms with Crippen LogP contribution in [0.3, 0.4) is 0 Å². The van der Waals surface area contributed by atoms with Gasteiger partial charge in [-0.1, -0.05) is 24.3 Å². The van der Waals surface area contributed by atoms with E-state index in [0.29, 0.717) is 0 Å². The van der Waals surface area contributed by atoms with Gasteiger partial charge in [-0.3, -0.25) is 0 Å². The van der Waals surface area contributed by atoms with Crippen LogP contribution in [-0.4, -0.2) is 43.8 Å². The van der Waals surface area contributed by atoms with Crippen LogP contribution in [0.25, 0.3) is 11.0 Å². The summed E-state index contributed by atoms with van der Waals surface area (Å²) in [4.78, 5) is 4.86. The van der Waals surface area contributed by atoms with Crippen LogP contribution >= 0.6 is 0 Å². The summed E-state index contributed by atoms with van der Waals surface area (Å²) < 4.78 is 12.1. The number of likely N-dealkylation sites (N-methyl/N-ethyl adjacent to an activating group) is 1. The molecule has 0 aliphatic carbocycles. The Morgan fingerprint density at radius 2 is 1.71 bits per heavy atom. The first kappa shape index (κ1) is 17.8. The smallest absolute Gasteiger partial charge is 0.134 e. The van der Waals surface area contributed by atoms with E-state index in [0.717, 1.165) is 37.5 Å². The van der Waals surface area contributed by atoms with Crippen LogP contribution in [0.1, 0.15) is 36.7 Å². The normalized spacial score (nSPS) is 25.8. The van der Waals surface area contributed by atoms with E-state index in [2.05, 4.69) is 73.2 Å². The summed E-state index contributed by atoms with van der Waals surface area (Å²) in [7, 11) is 2.20. The Bertz CT molecular complexity index is 952. The molecule has 4 nitrogen and oxygen atoms in total. The average Bonchev–Trinajstić information content (AvgIpc) is 3.10. The maximum absolute atomic E-state index is 6.23. The van der Waals surface area contributed by atoms with E-state index in [1.165, 1.54) is 22.2 Å². The lowest BCUT2D eigenvalue weighted by Crippen LogP contribution is -2.45. The van der Waals surface area contributed by atoms with Crippen molar-refractivity contribution in [1.82, 2.24) is 4.90 Å². The van der Waals surface area contributed by atoms with Gasteiger partial charge in [-0.2, -0.15) is 0 Å². The number of morpholine rings is 1. The molecule has 3 heterocycles. The van der Waals surface area contributed by atoms with Gasteiger partial charge < -0.3 is 19.0 Å². The summed E-state index contributed by atoms with van der Waals surface area (Å²) >= 11 is 0. The molecule has 28 heavy (non-hydrogen) atoms. The maximum atomic E-state index is 6.23. The van der Waals surface area contributed by atoms with Crippen molar-refractivity contribution < 1.29 is 9.15 Å². The van der Waals surface area contributed by atoms with Crippen LogP contribution in [0.2, 0.25) is 0 Å². The lowest BCUT2D eigenvalue weighted by molar-refractivity contribution is -0.00522. The molecule has 0 amide bonds. The molecule has 0 spiro atoms. The number of ether oxygens (including phenoxy) is 1. The molecule has 0 bridgehead atoms. The van der Waals surface area contributed by atoms with Gasteiger partial charge in [-0.05, 0) is 56.3 Å². The topological polar surface area (TPSA) is 28.9 Å². The van der Waals surface area contributed by atoms with Gasteiger partial charge in [-0.25, -0.2) is 0 Å². The van der Waals surface area contributed by atoms with E-state index in [9.17, 15) is 0 Å². The number of para-hydroxylation sites is 1. The van der Waals surface area contributed by atoms with Gasteiger partial charge in [0.05, 0.1) is 18.1 Å². The van der Waals surface area contributed by atoms with Crippen LogP contribution in [0.4, 0.5) is 5.69 Å². The molecule has 2 aliphatic rings. The molecule has 146 valence electrons.